The smallest absolute Gasteiger partial charge is 0.326 e. The summed E-state index contributed by atoms with van der Waals surface area (Å²) in [4.78, 5) is 23.5. The molecule has 0 saturated carbocycles. The fourth-order valence-corrected chi connectivity index (χ4v) is 2.19. The maximum absolute atomic E-state index is 11.6. The Morgan fingerprint density at radius 3 is 2.56 bits per heavy atom. The van der Waals surface area contributed by atoms with Gasteiger partial charge in [0.25, 0.3) is 0 Å². The van der Waals surface area contributed by atoms with Gasteiger partial charge in [-0.15, -0.1) is 0 Å². The van der Waals surface area contributed by atoms with Gasteiger partial charge in [-0.25, -0.2) is 18.0 Å². The number of carbonyl (C=O) groups is 2. The van der Waals surface area contributed by atoms with E-state index in [1.807, 2.05) is 0 Å². The molecular formula is C9H16N2O6S. The van der Waals surface area contributed by atoms with Gasteiger partial charge in [0.15, 0.2) is 0 Å². The number of β-amino-alcohol motifs (C(OH)–C–C–N with tert-alkyl or cyclic N) is 1. The monoisotopic (exact) mass is 280 g/mol. The second-order valence-electron chi connectivity index (χ2n) is 4.26. The lowest BCUT2D eigenvalue weighted by Crippen LogP contribution is -2.47. The molecule has 0 spiro atoms. The van der Waals surface area contributed by atoms with Crippen LogP contribution in [0.4, 0.5) is 4.79 Å². The van der Waals surface area contributed by atoms with E-state index in [1.165, 1.54) is 0 Å². The summed E-state index contributed by atoms with van der Waals surface area (Å²) >= 11 is 0. The van der Waals surface area contributed by atoms with Gasteiger partial charge >= 0.3 is 12.0 Å². The Morgan fingerprint density at radius 2 is 2.06 bits per heavy atom. The number of aliphatic hydroxyl groups is 1. The third kappa shape index (κ3) is 4.15. The molecule has 18 heavy (non-hydrogen) atoms. The van der Waals surface area contributed by atoms with Crippen molar-refractivity contribution in [1.29, 1.82) is 0 Å². The lowest BCUT2D eigenvalue weighted by atomic mass is 10.2. The number of hydrogen-bond acceptors (Lipinski definition) is 5. The van der Waals surface area contributed by atoms with Gasteiger partial charge in [-0.1, -0.05) is 0 Å². The van der Waals surface area contributed by atoms with Crippen LogP contribution in [0.3, 0.4) is 0 Å². The zero-order valence-corrected chi connectivity index (χ0v) is 10.7. The van der Waals surface area contributed by atoms with Gasteiger partial charge in [0, 0.05) is 25.8 Å². The minimum atomic E-state index is -3.18. The number of amides is 2. The van der Waals surface area contributed by atoms with Crippen molar-refractivity contribution in [2.45, 2.75) is 18.6 Å². The van der Waals surface area contributed by atoms with Crippen LogP contribution in [-0.4, -0.2) is 72.8 Å². The van der Waals surface area contributed by atoms with E-state index in [-0.39, 0.29) is 25.3 Å². The first-order valence-electron chi connectivity index (χ1n) is 5.34. The van der Waals surface area contributed by atoms with Crippen LogP contribution in [0.5, 0.6) is 0 Å². The van der Waals surface area contributed by atoms with E-state index in [4.69, 9.17) is 5.11 Å². The zero-order valence-electron chi connectivity index (χ0n) is 9.87. The summed E-state index contributed by atoms with van der Waals surface area (Å²) in [6, 6.07) is -1.75. The minimum Gasteiger partial charge on any atom is -0.480 e. The summed E-state index contributed by atoms with van der Waals surface area (Å²) in [5.74, 6) is -1.41. The van der Waals surface area contributed by atoms with Gasteiger partial charge in [0.1, 0.15) is 15.9 Å². The third-order valence-electron chi connectivity index (χ3n) is 2.57. The van der Waals surface area contributed by atoms with Crippen molar-refractivity contribution < 1.29 is 28.2 Å². The number of nitrogens with zero attached hydrogens (tertiary/aromatic N) is 1. The number of urea groups is 1. The van der Waals surface area contributed by atoms with Gasteiger partial charge in [-0.3, -0.25) is 0 Å². The standard InChI is InChI=1S/C9H16N2O6S/c1-18(16,17)3-2-10-9(15)11-5-6(12)4-7(11)8(13)14/h6-7,12H,2-5H2,1H3,(H,10,15)(H,13,14)/t6-,7+/m1/s1. The van der Waals surface area contributed by atoms with E-state index >= 15 is 0 Å². The number of carboxylic acid groups (broad SMARTS) is 1. The average molecular weight is 280 g/mol. The first-order chi connectivity index (χ1) is 8.20. The second-order valence-corrected chi connectivity index (χ2v) is 6.52. The van der Waals surface area contributed by atoms with Gasteiger partial charge in [-0.05, 0) is 0 Å². The molecule has 9 heteroatoms. The second kappa shape index (κ2) is 5.53. The Labute approximate surface area is 104 Å². The maximum atomic E-state index is 11.6. The SMILES string of the molecule is CS(=O)(=O)CCNC(=O)N1C[C@H](O)C[C@H]1C(=O)O. The molecule has 0 aromatic carbocycles. The molecule has 1 heterocycles. The number of aliphatic hydroxyl groups excluding tert-OH is 1. The van der Waals surface area contributed by atoms with Crippen molar-refractivity contribution in [3.05, 3.63) is 0 Å². The highest BCUT2D eigenvalue weighted by Crippen LogP contribution is 2.17. The Morgan fingerprint density at radius 1 is 1.44 bits per heavy atom. The molecule has 0 aromatic heterocycles. The molecule has 2 amide bonds. The summed E-state index contributed by atoms with van der Waals surface area (Å²) in [6.45, 7) is -0.154. The number of sulfone groups is 1. The molecule has 1 fully saturated rings. The summed E-state index contributed by atoms with van der Waals surface area (Å²) in [6.07, 6.45) is 0.153. The highest BCUT2D eigenvalue weighted by atomic mass is 32.2. The van der Waals surface area contributed by atoms with E-state index in [0.717, 1.165) is 11.2 Å². The van der Waals surface area contributed by atoms with E-state index in [1.54, 1.807) is 0 Å². The molecule has 1 aliphatic heterocycles. The molecule has 1 rings (SSSR count). The third-order valence-corrected chi connectivity index (χ3v) is 3.52. The van der Waals surface area contributed by atoms with Crippen LogP contribution < -0.4 is 5.32 Å². The topological polar surface area (TPSA) is 124 Å². The number of hydrogen-bond donors (Lipinski definition) is 3. The Kier molecular flexibility index (Phi) is 4.52. The highest BCUT2D eigenvalue weighted by molar-refractivity contribution is 7.90. The molecule has 0 unspecified atom stereocenters. The first kappa shape index (κ1) is 14.7. The lowest BCUT2D eigenvalue weighted by Gasteiger charge is -2.21. The summed E-state index contributed by atoms with van der Waals surface area (Å²) < 4.78 is 21.7. The van der Waals surface area contributed by atoms with E-state index in [9.17, 15) is 23.1 Å². The lowest BCUT2D eigenvalue weighted by molar-refractivity contribution is -0.141. The van der Waals surface area contributed by atoms with Crippen LogP contribution in [0.2, 0.25) is 0 Å². The number of nitrogens with one attached hydrogen (secondary N) is 1. The fraction of sp³-hybridized carbons (Fsp3) is 0.778. The quantitative estimate of drug-likeness (QED) is 0.561. The summed E-state index contributed by atoms with van der Waals surface area (Å²) in [5, 5.41) is 20.5. The largest absolute Gasteiger partial charge is 0.480 e. The van der Waals surface area contributed by atoms with Crippen molar-refractivity contribution in [3.8, 4) is 0 Å². The van der Waals surface area contributed by atoms with Crippen LogP contribution in [0.15, 0.2) is 0 Å². The summed E-state index contributed by atoms with van der Waals surface area (Å²) in [5.41, 5.74) is 0. The van der Waals surface area contributed by atoms with Crippen LogP contribution in [0, 0.1) is 0 Å². The number of rotatable bonds is 4. The van der Waals surface area contributed by atoms with Crippen molar-refractivity contribution in [3.63, 3.8) is 0 Å². The molecule has 0 bridgehead atoms. The van der Waals surface area contributed by atoms with Crippen LogP contribution >= 0.6 is 0 Å². The van der Waals surface area contributed by atoms with Gasteiger partial charge in [0.2, 0.25) is 0 Å². The van der Waals surface area contributed by atoms with Gasteiger partial charge < -0.3 is 20.4 Å². The fourth-order valence-electron chi connectivity index (χ4n) is 1.72. The predicted molar refractivity (Wildman–Crippen MR) is 61.9 cm³/mol. The molecule has 2 atom stereocenters. The number of aliphatic carboxylic acids is 1. The van der Waals surface area contributed by atoms with Crippen LogP contribution in [-0.2, 0) is 14.6 Å². The maximum Gasteiger partial charge on any atom is 0.326 e. The van der Waals surface area contributed by atoms with Crippen LogP contribution in [0.25, 0.3) is 0 Å². The molecule has 0 aliphatic carbocycles. The van der Waals surface area contributed by atoms with Gasteiger partial charge in [-0.2, -0.15) is 0 Å². The van der Waals surface area contributed by atoms with Crippen molar-refractivity contribution in [2.24, 2.45) is 0 Å². The normalized spacial score (nSPS) is 24.0. The molecule has 1 saturated heterocycles. The molecule has 0 aromatic rings. The molecule has 3 N–H and O–H groups in total. The van der Waals surface area contributed by atoms with E-state index < -0.39 is 34.0 Å². The summed E-state index contributed by atoms with van der Waals surface area (Å²) in [7, 11) is -3.18. The van der Waals surface area contributed by atoms with Crippen molar-refractivity contribution >= 4 is 21.8 Å². The zero-order chi connectivity index (χ0) is 13.9. The Hall–Kier alpha value is -1.35. The number of likely N-dealkylation sites (tertiary alicyclic amines) is 1. The predicted octanol–water partition coefficient (Wildman–Crippen LogP) is -1.74. The van der Waals surface area contributed by atoms with Crippen molar-refractivity contribution in [2.75, 3.05) is 25.1 Å². The van der Waals surface area contributed by atoms with E-state index in [0.29, 0.717) is 0 Å². The molecular weight excluding hydrogens is 264 g/mol. The Bertz CT molecular complexity index is 434. The Balaban J connectivity index is 2.53. The molecule has 0 radical (unpaired) electrons. The number of carbonyl (C=O) groups excluding carboxylic acids is 1. The number of carboxylic acids is 1. The first-order valence-corrected chi connectivity index (χ1v) is 7.40. The minimum absolute atomic E-state index is 0.0190. The van der Waals surface area contributed by atoms with Gasteiger partial charge in [0.05, 0.1) is 11.9 Å². The van der Waals surface area contributed by atoms with E-state index in [2.05, 4.69) is 5.32 Å². The highest BCUT2D eigenvalue weighted by Gasteiger charge is 2.38. The molecule has 104 valence electrons. The van der Waals surface area contributed by atoms with Crippen molar-refractivity contribution in [1.82, 2.24) is 10.2 Å². The molecule has 1 aliphatic rings. The molecule has 8 nitrogen and oxygen atoms in total. The van der Waals surface area contributed by atoms with Crippen LogP contribution in [0.1, 0.15) is 6.42 Å². The average Bonchev–Trinajstić information content (AvgIpc) is 2.58.